The summed E-state index contributed by atoms with van der Waals surface area (Å²) in [5.41, 5.74) is 0. The molecule has 0 amide bonds. The molecule has 17 heavy (non-hydrogen) atoms. The smallest absolute Gasteiger partial charge is 0.366 e. The Kier molecular flexibility index (Phi) is 3.13. The maximum absolute atomic E-state index is 11.3. The predicted molar refractivity (Wildman–Crippen MR) is 52.5 cm³/mol. The van der Waals surface area contributed by atoms with Crippen LogP contribution in [0, 0.1) is 11.8 Å². The van der Waals surface area contributed by atoms with Crippen molar-refractivity contribution in [3.63, 3.8) is 0 Å². The number of carbonyl (C=O) groups is 1. The Bertz CT molecular complexity index is 320. The third-order valence-corrected chi connectivity index (χ3v) is 3.46. The van der Waals surface area contributed by atoms with Crippen LogP contribution in [0.2, 0.25) is 0 Å². The highest BCUT2D eigenvalue weighted by molar-refractivity contribution is 5.77. The van der Waals surface area contributed by atoms with Gasteiger partial charge in [-0.1, -0.05) is 0 Å². The van der Waals surface area contributed by atoms with Crippen molar-refractivity contribution < 1.29 is 34.7 Å². The van der Waals surface area contributed by atoms with Gasteiger partial charge in [0.15, 0.2) is 0 Å². The molecular weight excluding hydrogens is 232 g/mol. The molecule has 0 aromatic heterocycles. The first-order valence-corrected chi connectivity index (χ1v) is 5.40. The van der Waals surface area contributed by atoms with Gasteiger partial charge in [-0.05, 0) is 0 Å². The highest BCUT2D eigenvalue weighted by atomic mass is 16.7. The number of methoxy groups -OCH3 is 1. The van der Waals surface area contributed by atoms with Gasteiger partial charge in [0.05, 0.1) is 32.0 Å². The fraction of sp³-hybridized carbons (Fsp3) is 0.900. The van der Waals surface area contributed by atoms with Crippen LogP contribution in [0.4, 0.5) is 0 Å². The Morgan fingerprint density at radius 3 is 2.82 bits per heavy atom. The standard InChI is InChI=1S/C10H16O7/c1-16-9(14)10(15)2-4(12)6-7(5(13)3-11)8(6)17-10/h4-8,11-13,15H,2-3H2,1H3. The number of esters is 1. The molecule has 0 spiro atoms. The topological polar surface area (TPSA) is 116 Å². The zero-order valence-corrected chi connectivity index (χ0v) is 9.31. The van der Waals surface area contributed by atoms with Gasteiger partial charge in [0, 0.05) is 18.3 Å². The summed E-state index contributed by atoms with van der Waals surface area (Å²) in [6.45, 7) is -0.454. The number of fused-ring (bicyclic) bond motifs is 1. The molecule has 6 atom stereocenters. The minimum absolute atomic E-state index is 0.296. The summed E-state index contributed by atoms with van der Waals surface area (Å²) in [6, 6.07) is 0. The molecule has 4 N–H and O–H groups in total. The van der Waals surface area contributed by atoms with Gasteiger partial charge in [-0.2, -0.15) is 0 Å². The van der Waals surface area contributed by atoms with Gasteiger partial charge >= 0.3 is 5.97 Å². The molecule has 1 saturated heterocycles. The van der Waals surface area contributed by atoms with Crippen LogP contribution in [-0.2, 0) is 14.3 Å². The van der Waals surface area contributed by atoms with Crippen molar-refractivity contribution in [2.75, 3.05) is 13.7 Å². The summed E-state index contributed by atoms with van der Waals surface area (Å²) in [4.78, 5) is 11.3. The highest BCUT2D eigenvalue weighted by Gasteiger charge is 2.66. The molecule has 7 heteroatoms. The molecule has 7 nitrogen and oxygen atoms in total. The molecule has 1 aliphatic heterocycles. The van der Waals surface area contributed by atoms with Gasteiger partial charge in [0.25, 0.3) is 5.79 Å². The van der Waals surface area contributed by atoms with Crippen LogP contribution in [0.5, 0.6) is 0 Å². The molecule has 0 bridgehead atoms. The maximum atomic E-state index is 11.3. The summed E-state index contributed by atoms with van der Waals surface area (Å²) >= 11 is 0. The Labute approximate surface area is 97.6 Å². The van der Waals surface area contributed by atoms with Crippen LogP contribution in [0.15, 0.2) is 0 Å². The van der Waals surface area contributed by atoms with E-state index in [0.717, 1.165) is 7.11 Å². The lowest BCUT2D eigenvalue weighted by Crippen LogP contribution is -2.49. The van der Waals surface area contributed by atoms with E-state index in [1.165, 1.54) is 0 Å². The van der Waals surface area contributed by atoms with Crippen molar-refractivity contribution in [3.05, 3.63) is 0 Å². The lowest BCUT2D eigenvalue weighted by molar-refractivity contribution is -0.255. The molecule has 2 rings (SSSR count). The summed E-state index contributed by atoms with van der Waals surface area (Å²) < 4.78 is 9.55. The molecule has 6 unspecified atom stereocenters. The lowest BCUT2D eigenvalue weighted by atomic mass is 10.0. The van der Waals surface area contributed by atoms with Crippen molar-refractivity contribution >= 4 is 5.97 Å². The molecule has 1 heterocycles. The van der Waals surface area contributed by atoms with Gasteiger partial charge in [-0.15, -0.1) is 0 Å². The normalized spacial score (nSPS) is 45.9. The first kappa shape index (κ1) is 12.7. The summed E-state index contributed by atoms with van der Waals surface area (Å²) in [5.74, 6) is -3.96. The van der Waals surface area contributed by atoms with Crippen LogP contribution in [0.25, 0.3) is 0 Å². The molecule has 0 radical (unpaired) electrons. The Hall–Kier alpha value is -0.730. The van der Waals surface area contributed by atoms with E-state index in [9.17, 15) is 20.1 Å². The van der Waals surface area contributed by atoms with Gasteiger partial charge < -0.3 is 29.9 Å². The number of hydrogen-bond acceptors (Lipinski definition) is 7. The number of rotatable bonds is 3. The van der Waals surface area contributed by atoms with Crippen molar-refractivity contribution in [1.82, 2.24) is 0 Å². The minimum Gasteiger partial charge on any atom is -0.465 e. The number of aliphatic hydroxyl groups excluding tert-OH is 3. The average molecular weight is 248 g/mol. The summed E-state index contributed by atoms with van der Waals surface area (Å²) in [6.07, 6.45) is -2.93. The second-order valence-electron chi connectivity index (χ2n) is 4.53. The average Bonchev–Trinajstić information content (AvgIpc) is 3.00. The van der Waals surface area contributed by atoms with E-state index >= 15 is 0 Å². The first-order valence-electron chi connectivity index (χ1n) is 5.40. The second kappa shape index (κ2) is 4.18. The summed E-state index contributed by atoms with van der Waals surface area (Å²) in [7, 11) is 1.11. The van der Waals surface area contributed by atoms with E-state index in [4.69, 9.17) is 9.84 Å². The molecule has 0 aromatic carbocycles. The Morgan fingerprint density at radius 1 is 1.65 bits per heavy atom. The lowest BCUT2D eigenvalue weighted by Gasteiger charge is -2.31. The van der Waals surface area contributed by atoms with Crippen molar-refractivity contribution in [1.29, 1.82) is 0 Å². The Morgan fingerprint density at radius 2 is 2.29 bits per heavy atom. The third kappa shape index (κ3) is 1.94. The fourth-order valence-corrected chi connectivity index (χ4v) is 2.54. The van der Waals surface area contributed by atoms with E-state index in [1.807, 2.05) is 0 Å². The fourth-order valence-electron chi connectivity index (χ4n) is 2.54. The van der Waals surface area contributed by atoms with Gasteiger partial charge in [0.2, 0.25) is 0 Å². The SMILES string of the molecule is COC(=O)C1(O)CC(O)C2C(O1)C2C(O)CO. The van der Waals surface area contributed by atoms with E-state index in [-0.39, 0.29) is 12.3 Å². The predicted octanol–water partition coefficient (Wildman–Crippen LogP) is -2.40. The minimum atomic E-state index is -2.17. The zero-order valence-electron chi connectivity index (χ0n) is 9.31. The molecule has 0 aromatic rings. The van der Waals surface area contributed by atoms with Crippen LogP contribution < -0.4 is 0 Å². The largest absolute Gasteiger partial charge is 0.465 e. The number of ether oxygens (including phenoxy) is 2. The van der Waals surface area contributed by atoms with Crippen molar-refractivity contribution in [3.8, 4) is 0 Å². The van der Waals surface area contributed by atoms with Gasteiger partial charge in [-0.3, -0.25) is 0 Å². The molecular formula is C10H16O7. The molecule has 2 fully saturated rings. The Balaban J connectivity index is 2.09. The monoisotopic (exact) mass is 248 g/mol. The summed E-state index contributed by atoms with van der Waals surface area (Å²) in [5, 5.41) is 37.9. The van der Waals surface area contributed by atoms with Crippen LogP contribution >= 0.6 is 0 Å². The quantitative estimate of drug-likeness (QED) is 0.411. The number of carbonyl (C=O) groups excluding carboxylic acids is 1. The molecule has 1 aliphatic carbocycles. The second-order valence-corrected chi connectivity index (χ2v) is 4.53. The highest BCUT2D eigenvalue weighted by Crippen LogP contribution is 2.53. The maximum Gasteiger partial charge on any atom is 0.366 e. The van der Waals surface area contributed by atoms with Crippen molar-refractivity contribution in [2.24, 2.45) is 11.8 Å². The van der Waals surface area contributed by atoms with Crippen molar-refractivity contribution in [2.45, 2.75) is 30.5 Å². The van der Waals surface area contributed by atoms with E-state index in [1.54, 1.807) is 0 Å². The van der Waals surface area contributed by atoms with Crippen LogP contribution in [0.1, 0.15) is 6.42 Å². The van der Waals surface area contributed by atoms with E-state index in [0.29, 0.717) is 0 Å². The molecule has 1 saturated carbocycles. The van der Waals surface area contributed by atoms with Gasteiger partial charge in [0.1, 0.15) is 0 Å². The van der Waals surface area contributed by atoms with Crippen LogP contribution in [-0.4, -0.2) is 64.2 Å². The first-order chi connectivity index (χ1) is 7.94. The van der Waals surface area contributed by atoms with Crippen LogP contribution in [0.3, 0.4) is 0 Å². The van der Waals surface area contributed by atoms with E-state index in [2.05, 4.69) is 4.74 Å². The number of aliphatic hydroxyl groups is 4. The number of hydrogen-bond donors (Lipinski definition) is 4. The molecule has 98 valence electrons. The van der Waals surface area contributed by atoms with E-state index < -0.39 is 42.6 Å². The zero-order chi connectivity index (χ0) is 12.8. The third-order valence-electron chi connectivity index (χ3n) is 3.46. The van der Waals surface area contributed by atoms with Gasteiger partial charge in [-0.25, -0.2) is 4.79 Å². The molecule has 2 aliphatic rings.